The van der Waals surface area contributed by atoms with E-state index in [1.54, 1.807) is 7.05 Å². The highest BCUT2D eigenvalue weighted by atomic mass is 16.6. The lowest BCUT2D eigenvalue weighted by molar-refractivity contribution is -0.384. The van der Waals surface area contributed by atoms with Crippen molar-refractivity contribution in [1.82, 2.24) is 15.1 Å². The highest BCUT2D eigenvalue weighted by Crippen LogP contribution is 2.21. The molecule has 1 saturated heterocycles. The molecule has 1 aliphatic rings. The van der Waals surface area contributed by atoms with Gasteiger partial charge >= 0.3 is 5.69 Å². The minimum absolute atomic E-state index is 0.0282. The van der Waals surface area contributed by atoms with Crippen LogP contribution in [-0.2, 0) is 7.05 Å². The molecular formula is C9H15N5O2. The number of nitro groups is 1. The molecule has 0 radical (unpaired) electrons. The Morgan fingerprint density at radius 1 is 1.81 bits per heavy atom. The SMILES string of the molecule is Cn1cc([N+](=O)[O-])c(NCC2CCCN2)n1. The largest absolute Gasteiger partial charge is 0.361 e. The van der Waals surface area contributed by atoms with E-state index in [-0.39, 0.29) is 5.69 Å². The molecule has 0 saturated carbocycles. The van der Waals surface area contributed by atoms with Crippen LogP contribution in [0.1, 0.15) is 12.8 Å². The second kappa shape index (κ2) is 4.48. The van der Waals surface area contributed by atoms with Gasteiger partial charge in [0.1, 0.15) is 6.20 Å². The normalized spacial score (nSPS) is 19.9. The number of anilines is 1. The molecule has 1 aromatic heterocycles. The van der Waals surface area contributed by atoms with Gasteiger partial charge < -0.3 is 10.6 Å². The van der Waals surface area contributed by atoms with Crippen molar-refractivity contribution in [2.75, 3.05) is 18.4 Å². The van der Waals surface area contributed by atoms with Crippen molar-refractivity contribution in [1.29, 1.82) is 0 Å². The first-order valence-corrected chi connectivity index (χ1v) is 5.32. The zero-order valence-corrected chi connectivity index (χ0v) is 9.14. The maximum atomic E-state index is 10.7. The first-order chi connectivity index (χ1) is 7.66. The van der Waals surface area contributed by atoms with Crippen molar-refractivity contribution >= 4 is 11.5 Å². The van der Waals surface area contributed by atoms with Crippen LogP contribution in [-0.4, -0.2) is 33.8 Å². The van der Waals surface area contributed by atoms with Gasteiger partial charge in [-0.05, 0) is 19.4 Å². The predicted molar refractivity (Wildman–Crippen MR) is 59.4 cm³/mol. The monoisotopic (exact) mass is 225 g/mol. The molecule has 1 unspecified atom stereocenters. The van der Waals surface area contributed by atoms with Gasteiger partial charge in [-0.25, -0.2) is 0 Å². The standard InChI is InChI=1S/C9H15N5O2/c1-13-6-8(14(15)16)9(12-13)11-5-7-3-2-4-10-7/h6-7,10H,2-5H2,1H3,(H,11,12). The maximum absolute atomic E-state index is 10.7. The van der Waals surface area contributed by atoms with Crippen molar-refractivity contribution < 1.29 is 4.92 Å². The molecule has 0 spiro atoms. The Balaban J connectivity index is 1.99. The highest BCUT2D eigenvalue weighted by Gasteiger charge is 2.20. The lowest BCUT2D eigenvalue weighted by atomic mass is 10.2. The maximum Gasteiger partial charge on any atom is 0.330 e. The average Bonchev–Trinajstić information content (AvgIpc) is 2.83. The Morgan fingerprint density at radius 3 is 3.25 bits per heavy atom. The topological polar surface area (TPSA) is 85.0 Å². The van der Waals surface area contributed by atoms with Crippen LogP contribution in [0.5, 0.6) is 0 Å². The highest BCUT2D eigenvalue weighted by molar-refractivity contribution is 5.54. The second-order valence-corrected chi connectivity index (χ2v) is 3.97. The molecule has 0 aliphatic carbocycles. The van der Waals surface area contributed by atoms with Crippen molar-refractivity contribution in [3.63, 3.8) is 0 Å². The van der Waals surface area contributed by atoms with Gasteiger partial charge in [0.25, 0.3) is 0 Å². The van der Waals surface area contributed by atoms with E-state index in [9.17, 15) is 10.1 Å². The predicted octanol–water partition coefficient (Wildman–Crippen LogP) is 0.492. The fraction of sp³-hybridized carbons (Fsp3) is 0.667. The molecule has 7 nitrogen and oxygen atoms in total. The Kier molecular flexibility index (Phi) is 3.04. The van der Waals surface area contributed by atoms with Crippen molar-refractivity contribution in [3.05, 3.63) is 16.3 Å². The average molecular weight is 225 g/mol. The van der Waals surface area contributed by atoms with Gasteiger partial charge in [0.05, 0.1) is 4.92 Å². The van der Waals surface area contributed by atoms with Crippen LogP contribution >= 0.6 is 0 Å². The second-order valence-electron chi connectivity index (χ2n) is 3.97. The third-order valence-corrected chi connectivity index (χ3v) is 2.68. The number of aromatic nitrogens is 2. The van der Waals surface area contributed by atoms with E-state index in [1.165, 1.54) is 10.9 Å². The first kappa shape index (κ1) is 10.9. The molecule has 16 heavy (non-hydrogen) atoms. The molecule has 0 bridgehead atoms. The van der Waals surface area contributed by atoms with E-state index < -0.39 is 4.92 Å². The summed E-state index contributed by atoms with van der Waals surface area (Å²) in [6.07, 6.45) is 3.68. The van der Waals surface area contributed by atoms with Gasteiger partial charge in [-0.3, -0.25) is 14.8 Å². The van der Waals surface area contributed by atoms with Crippen molar-refractivity contribution in [2.24, 2.45) is 7.05 Å². The number of aryl methyl sites for hydroxylation is 1. The number of nitrogens with zero attached hydrogens (tertiary/aromatic N) is 3. The van der Waals surface area contributed by atoms with Crippen LogP contribution < -0.4 is 10.6 Å². The fourth-order valence-electron chi connectivity index (χ4n) is 1.89. The van der Waals surface area contributed by atoms with Crippen molar-refractivity contribution in [2.45, 2.75) is 18.9 Å². The molecule has 7 heteroatoms. The fourth-order valence-corrected chi connectivity index (χ4v) is 1.89. The van der Waals surface area contributed by atoms with Crippen LogP contribution in [0.25, 0.3) is 0 Å². The van der Waals surface area contributed by atoms with E-state index in [1.807, 2.05) is 0 Å². The number of rotatable bonds is 4. The molecule has 1 aromatic rings. The van der Waals surface area contributed by atoms with Gasteiger partial charge in [-0.2, -0.15) is 0 Å². The Morgan fingerprint density at radius 2 is 2.62 bits per heavy atom. The Bertz CT molecular complexity index is 383. The van der Waals surface area contributed by atoms with Gasteiger partial charge in [-0.15, -0.1) is 5.10 Å². The summed E-state index contributed by atoms with van der Waals surface area (Å²) < 4.78 is 1.45. The summed E-state index contributed by atoms with van der Waals surface area (Å²) in [5.41, 5.74) is 0.0282. The zero-order valence-electron chi connectivity index (χ0n) is 9.14. The van der Waals surface area contributed by atoms with Crippen molar-refractivity contribution in [3.8, 4) is 0 Å². The molecule has 2 rings (SSSR count). The quantitative estimate of drug-likeness (QED) is 0.575. The van der Waals surface area contributed by atoms with Crippen LogP contribution in [0.15, 0.2) is 6.20 Å². The Labute approximate surface area is 93.0 Å². The molecule has 2 heterocycles. The summed E-state index contributed by atoms with van der Waals surface area (Å²) in [6, 6.07) is 0.390. The molecule has 1 atom stereocenters. The minimum Gasteiger partial charge on any atom is -0.361 e. The van der Waals surface area contributed by atoms with Crippen LogP contribution in [0.3, 0.4) is 0 Å². The summed E-state index contributed by atoms with van der Waals surface area (Å²) >= 11 is 0. The third kappa shape index (κ3) is 2.30. The smallest absolute Gasteiger partial charge is 0.330 e. The van der Waals surface area contributed by atoms with E-state index >= 15 is 0 Å². The molecule has 88 valence electrons. The third-order valence-electron chi connectivity index (χ3n) is 2.68. The lowest BCUT2D eigenvalue weighted by Crippen LogP contribution is -2.29. The summed E-state index contributed by atoms with van der Waals surface area (Å²) in [6.45, 7) is 1.70. The summed E-state index contributed by atoms with van der Waals surface area (Å²) in [5, 5.41) is 21.1. The molecule has 0 amide bonds. The number of hydrogen-bond donors (Lipinski definition) is 2. The van der Waals surface area contributed by atoms with Gasteiger partial charge in [-0.1, -0.05) is 0 Å². The summed E-state index contributed by atoms with van der Waals surface area (Å²) in [4.78, 5) is 10.3. The number of nitrogens with one attached hydrogen (secondary N) is 2. The van der Waals surface area contributed by atoms with Gasteiger partial charge in [0, 0.05) is 19.6 Å². The van der Waals surface area contributed by atoms with Crippen LogP contribution in [0.2, 0.25) is 0 Å². The lowest BCUT2D eigenvalue weighted by Gasteiger charge is -2.09. The molecular weight excluding hydrogens is 210 g/mol. The molecule has 2 N–H and O–H groups in total. The van der Waals surface area contributed by atoms with Gasteiger partial charge in [0.2, 0.25) is 5.82 Å². The minimum atomic E-state index is -0.419. The molecule has 1 aliphatic heterocycles. The molecule has 1 fully saturated rings. The van der Waals surface area contributed by atoms with Crippen LogP contribution in [0, 0.1) is 10.1 Å². The van der Waals surface area contributed by atoms with E-state index in [2.05, 4.69) is 15.7 Å². The summed E-state index contributed by atoms with van der Waals surface area (Å²) in [5.74, 6) is 0.348. The number of hydrogen-bond acceptors (Lipinski definition) is 5. The van der Waals surface area contributed by atoms with E-state index in [0.717, 1.165) is 19.4 Å². The molecule has 0 aromatic carbocycles. The first-order valence-electron chi connectivity index (χ1n) is 5.32. The summed E-state index contributed by atoms with van der Waals surface area (Å²) in [7, 11) is 1.67. The van der Waals surface area contributed by atoms with Gasteiger partial charge in [0.15, 0.2) is 0 Å². The Hall–Kier alpha value is -1.63. The van der Waals surface area contributed by atoms with E-state index in [0.29, 0.717) is 18.4 Å². The van der Waals surface area contributed by atoms with Crippen LogP contribution in [0.4, 0.5) is 11.5 Å². The zero-order chi connectivity index (χ0) is 11.5. The van der Waals surface area contributed by atoms with E-state index in [4.69, 9.17) is 0 Å².